The lowest BCUT2D eigenvalue weighted by Gasteiger charge is -2.24. The molecule has 0 fully saturated rings. The molecule has 2 N–H and O–H groups in total. The molecule has 1 aromatic rings. The van der Waals surface area contributed by atoms with Gasteiger partial charge in [-0.1, -0.05) is 32.4 Å². The van der Waals surface area contributed by atoms with Crippen molar-refractivity contribution >= 4 is 5.69 Å². The molecule has 0 saturated heterocycles. The number of nitrogens with one attached hydrogen (secondary N) is 1. The Morgan fingerprint density at radius 2 is 1.83 bits per heavy atom. The summed E-state index contributed by atoms with van der Waals surface area (Å²) in [6, 6.07) is 8.62. The van der Waals surface area contributed by atoms with Gasteiger partial charge in [-0.15, -0.1) is 0 Å². The molecule has 0 saturated carbocycles. The molecular formula is C15H26N2O. The minimum Gasteiger partial charge on any atom is -0.395 e. The van der Waals surface area contributed by atoms with Crippen LogP contribution >= 0.6 is 0 Å². The molecule has 0 radical (unpaired) electrons. The molecule has 102 valence electrons. The largest absolute Gasteiger partial charge is 0.395 e. The molecule has 0 aliphatic heterocycles. The highest BCUT2D eigenvalue weighted by Crippen LogP contribution is 2.15. The number of hydrogen-bond acceptors (Lipinski definition) is 3. The Morgan fingerprint density at radius 1 is 1.11 bits per heavy atom. The SMILES string of the molecule is CCCCN(CCO)c1ccc(CNCC)cc1. The minimum absolute atomic E-state index is 0.211. The second kappa shape index (κ2) is 8.95. The number of benzene rings is 1. The highest BCUT2D eigenvalue weighted by molar-refractivity contribution is 5.47. The van der Waals surface area contributed by atoms with E-state index in [-0.39, 0.29) is 6.61 Å². The summed E-state index contributed by atoms with van der Waals surface area (Å²) in [5.74, 6) is 0. The Hall–Kier alpha value is -1.06. The van der Waals surface area contributed by atoms with Gasteiger partial charge >= 0.3 is 0 Å². The Bertz CT molecular complexity index is 311. The second-order valence-electron chi connectivity index (χ2n) is 4.51. The summed E-state index contributed by atoms with van der Waals surface area (Å²) < 4.78 is 0. The van der Waals surface area contributed by atoms with Crippen LogP contribution in [-0.2, 0) is 6.54 Å². The Kier molecular flexibility index (Phi) is 7.46. The second-order valence-corrected chi connectivity index (χ2v) is 4.51. The summed E-state index contributed by atoms with van der Waals surface area (Å²) in [7, 11) is 0. The lowest BCUT2D eigenvalue weighted by molar-refractivity contribution is 0.301. The van der Waals surface area contributed by atoms with Gasteiger partial charge in [0.25, 0.3) is 0 Å². The summed E-state index contributed by atoms with van der Waals surface area (Å²) in [5, 5.41) is 12.4. The molecule has 3 heteroatoms. The zero-order chi connectivity index (χ0) is 13.2. The van der Waals surface area contributed by atoms with Gasteiger partial charge in [0.1, 0.15) is 0 Å². The molecule has 0 aliphatic rings. The van der Waals surface area contributed by atoms with Gasteiger partial charge in [0, 0.05) is 25.3 Å². The number of anilines is 1. The van der Waals surface area contributed by atoms with E-state index in [0.717, 1.165) is 19.6 Å². The molecule has 0 spiro atoms. The maximum absolute atomic E-state index is 9.12. The molecule has 0 aliphatic carbocycles. The monoisotopic (exact) mass is 250 g/mol. The smallest absolute Gasteiger partial charge is 0.0606 e. The molecular weight excluding hydrogens is 224 g/mol. The highest BCUT2D eigenvalue weighted by Gasteiger charge is 2.05. The van der Waals surface area contributed by atoms with Crippen LogP contribution in [-0.4, -0.2) is 31.3 Å². The Labute approximate surface area is 111 Å². The molecule has 0 aromatic heterocycles. The fourth-order valence-electron chi connectivity index (χ4n) is 1.93. The standard InChI is InChI=1S/C15H26N2O/c1-3-5-10-17(11-12-18)15-8-6-14(7-9-15)13-16-4-2/h6-9,16,18H,3-5,10-13H2,1-2H3. The van der Waals surface area contributed by atoms with Crippen LogP contribution in [0, 0.1) is 0 Å². The Balaban J connectivity index is 2.61. The van der Waals surface area contributed by atoms with Gasteiger partial charge in [-0.2, -0.15) is 0 Å². The number of rotatable bonds is 9. The van der Waals surface area contributed by atoms with Crippen molar-refractivity contribution in [3.63, 3.8) is 0 Å². The first-order valence-electron chi connectivity index (χ1n) is 6.97. The van der Waals surface area contributed by atoms with Crippen molar-refractivity contribution in [1.82, 2.24) is 5.32 Å². The van der Waals surface area contributed by atoms with Gasteiger partial charge in [-0.05, 0) is 30.7 Å². The van der Waals surface area contributed by atoms with Crippen molar-refractivity contribution in [3.05, 3.63) is 29.8 Å². The van der Waals surface area contributed by atoms with Gasteiger partial charge in [0.2, 0.25) is 0 Å². The van der Waals surface area contributed by atoms with Crippen LogP contribution in [0.3, 0.4) is 0 Å². The molecule has 1 aromatic carbocycles. The zero-order valence-electron chi connectivity index (χ0n) is 11.7. The van der Waals surface area contributed by atoms with Crippen LogP contribution in [0.2, 0.25) is 0 Å². The van der Waals surface area contributed by atoms with Crippen LogP contribution in [0.15, 0.2) is 24.3 Å². The van der Waals surface area contributed by atoms with Crippen LogP contribution in [0.4, 0.5) is 5.69 Å². The molecule has 0 heterocycles. The maximum Gasteiger partial charge on any atom is 0.0606 e. The molecule has 18 heavy (non-hydrogen) atoms. The topological polar surface area (TPSA) is 35.5 Å². The van der Waals surface area contributed by atoms with E-state index in [1.807, 2.05) is 0 Å². The summed E-state index contributed by atoms with van der Waals surface area (Å²) >= 11 is 0. The third kappa shape index (κ3) is 5.07. The minimum atomic E-state index is 0.211. The molecule has 0 atom stereocenters. The van der Waals surface area contributed by atoms with Crippen molar-refractivity contribution in [1.29, 1.82) is 0 Å². The fraction of sp³-hybridized carbons (Fsp3) is 0.600. The van der Waals surface area contributed by atoms with Crippen LogP contribution in [0.1, 0.15) is 32.3 Å². The van der Waals surface area contributed by atoms with E-state index in [9.17, 15) is 0 Å². The number of unbranched alkanes of at least 4 members (excludes halogenated alkanes) is 1. The third-order valence-electron chi connectivity index (χ3n) is 3.03. The third-order valence-corrected chi connectivity index (χ3v) is 3.03. The van der Waals surface area contributed by atoms with Gasteiger partial charge < -0.3 is 15.3 Å². The normalized spacial score (nSPS) is 10.6. The van der Waals surface area contributed by atoms with E-state index in [4.69, 9.17) is 5.11 Å². The van der Waals surface area contributed by atoms with Crippen molar-refractivity contribution in [3.8, 4) is 0 Å². The van der Waals surface area contributed by atoms with Gasteiger partial charge in [0.05, 0.1) is 6.61 Å². The first kappa shape index (κ1) is 15.0. The summed E-state index contributed by atoms with van der Waals surface area (Å²) in [4.78, 5) is 2.25. The molecule has 3 nitrogen and oxygen atoms in total. The number of hydrogen-bond donors (Lipinski definition) is 2. The maximum atomic E-state index is 9.12. The van der Waals surface area contributed by atoms with Crippen molar-refractivity contribution in [2.45, 2.75) is 33.2 Å². The van der Waals surface area contributed by atoms with E-state index in [0.29, 0.717) is 6.54 Å². The van der Waals surface area contributed by atoms with Crippen molar-refractivity contribution < 1.29 is 5.11 Å². The fourth-order valence-corrected chi connectivity index (χ4v) is 1.93. The summed E-state index contributed by atoms with van der Waals surface area (Å²) in [5.41, 5.74) is 2.51. The van der Waals surface area contributed by atoms with E-state index in [1.54, 1.807) is 0 Å². The average Bonchev–Trinajstić information content (AvgIpc) is 2.42. The first-order valence-corrected chi connectivity index (χ1v) is 6.97. The summed E-state index contributed by atoms with van der Waals surface area (Å²) in [6.07, 6.45) is 2.35. The molecule has 0 unspecified atom stereocenters. The van der Waals surface area contributed by atoms with Gasteiger partial charge in [-0.3, -0.25) is 0 Å². The summed E-state index contributed by atoms with van der Waals surface area (Å²) in [6.45, 7) is 8.17. The molecule has 0 amide bonds. The van der Waals surface area contributed by atoms with Crippen LogP contribution < -0.4 is 10.2 Å². The first-order chi connectivity index (χ1) is 8.81. The van der Waals surface area contributed by atoms with Crippen molar-refractivity contribution in [2.75, 3.05) is 31.1 Å². The average molecular weight is 250 g/mol. The lowest BCUT2D eigenvalue weighted by Crippen LogP contribution is -2.27. The van der Waals surface area contributed by atoms with Gasteiger partial charge in [0.15, 0.2) is 0 Å². The number of aliphatic hydroxyl groups is 1. The van der Waals surface area contributed by atoms with Crippen molar-refractivity contribution in [2.24, 2.45) is 0 Å². The van der Waals surface area contributed by atoms with E-state index in [2.05, 4.69) is 48.3 Å². The number of nitrogens with zero attached hydrogens (tertiary/aromatic N) is 1. The quantitative estimate of drug-likeness (QED) is 0.706. The van der Waals surface area contributed by atoms with E-state index in [1.165, 1.54) is 24.1 Å². The lowest BCUT2D eigenvalue weighted by atomic mass is 10.2. The zero-order valence-corrected chi connectivity index (χ0v) is 11.7. The van der Waals surface area contributed by atoms with E-state index >= 15 is 0 Å². The highest BCUT2D eigenvalue weighted by atomic mass is 16.3. The van der Waals surface area contributed by atoms with Gasteiger partial charge in [-0.25, -0.2) is 0 Å². The predicted octanol–water partition coefficient (Wildman–Crippen LogP) is 2.39. The number of aliphatic hydroxyl groups excluding tert-OH is 1. The Morgan fingerprint density at radius 3 is 2.39 bits per heavy atom. The van der Waals surface area contributed by atoms with Crippen LogP contribution in [0.25, 0.3) is 0 Å². The molecule has 0 bridgehead atoms. The molecule has 1 rings (SSSR count). The predicted molar refractivity (Wildman–Crippen MR) is 78.0 cm³/mol. The van der Waals surface area contributed by atoms with E-state index < -0.39 is 0 Å². The van der Waals surface area contributed by atoms with Crippen LogP contribution in [0.5, 0.6) is 0 Å².